The summed E-state index contributed by atoms with van der Waals surface area (Å²) >= 11 is 0. The van der Waals surface area contributed by atoms with Crippen LogP contribution in [0.15, 0.2) is 47.5 Å². The molecule has 1 aromatic carbocycles. The number of nitrogens with zero attached hydrogens (tertiary/aromatic N) is 2. The summed E-state index contributed by atoms with van der Waals surface area (Å²) in [5.74, 6) is -0.387. The van der Waals surface area contributed by atoms with Gasteiger partial charge in [-0.15, -0.1) is 0 Å². The van der Waals surface area contributed by atoms with Gasteiger partial charge in [0.25, 0.3) is 0 Å². The van der Waals surface area contributed by atoms with E-state index in [0.717, 1.165) is 42.8 Å². The van der Waals surface area contributed by atoms with Crippen molar-refractivity contribution in [2.24, 2.45) is 5.73 Å². The lowest BCUT2D eigenvalue weighted by Crippen LogP contribution is -2.51. The van der Waals surface area contributed by atoms with Gasteiger partial charge in [0.2, 0.25) is 11.8 Å². The number of hydrogen-bond donors (Lipinski definition) is 1. The molecule has 8 heteroatoms. The minimum Gasteiger partial charge on any atom is -0.381 e. The topological polar surface area (TPSA) is 103 Å². The zero-order valence-electron chi connectivity index (χ0n) is 18.1. The maximum Gasteiger partial charge on any atom is 0.236 e. The SMILES string of the molecule is NC(=O)C1(S(=O)c2ccc(-c3ccc(CC(=O)N4CCCCC4)cn3)cc2)CCOCC1. The molecule has 2 N–H and O–H groups in total. The largest absolute Gasteiger partial charge is 0.381 e. The Bertz CT molecular complexity index is 979. The van der Waals surface area contributed by atoms with Crippen LogP contribution in [-0.4, -0.2) is 57.0 Å². The van der Waals surface area contributed by atoms with Gasteiger partial charge in [0.15, 0.2) is 0 Å². The summed E-state index contributed by atoms with van der Waals surface area (Å²) < 4.78 is 17.4. The summed E-state index contributed by atoms with van der Waals surface area (Å²) in [4.78, 5) is 31.6. The first-order valence-electron chi connectivity index (χ1n) is 11.1. The lowest BCUT2D eigenvalue weighted by atomic mass is 9.98. The third-order valence-corrected chi connectivity index (χ3v) is 8.38. The van der Waals surface area contributed by atoms with Crippen LogP contribution in [0.1, 0.15) is 37.7 Å². The van der Waals surface area contributed by atoms with Crippen molar-refractivity contribution in [3.05, 3.63) is 48.2 Å². The second kappa shape index (κ2) is 9.92. The highest BCUT2D eigenvalue weighted by Gasteiger charge is 2.45. The van der Waals surface area contributed by atoms with Crippen molar-refractivity contribution in [3.8, 4) is 11.3 Å². The lowest BCUT2D eigenvalue weighted by molar-refractivity contribution is -0.131. The number of piperidine rings is 1. The number of benzene rings is 1. The van der Waals surface area contributed by atoms with Crippen LogP contribution in [0.3, 0.4) is 0 Å². The predicted molar refractivity (Wildman–Crippen MR) is 122 cm³/mol. The Balaban J connectivity index is 1.44. The van der Waals surface area contributed by atoms with Crippen LogP contribution in [0.5, 0.6) is 0 Å². The van der Waals surface area contributed by atoms with E-state index in [0.29, 0.717) is 37.4 Å². The number of primary amides is 1. The van der Waals surface area contributed by atoms with E-state index in [1.165, 1.54) is 6.42 Å². The van der Waals surface area contributed by atoms with Crippen molar-refractivity contribution in [1.82, 2.24) is 9.88 Å². The number of nitrogens with two attached hydrogens (primary N) is 1. The summed E-state index contributed by atoms with van der Waals surface area (Å²) in [6.45, 7) is 2.46. The molecule has 0 saturated carbocycles. The Kier molecular flexibility index (Phi) is 7.01. The maximum atomic E-state index is 13.2. The second-order valence-corrected chi connectivity index (χ2v) is 10.2. The smallest absolute Gasteiger partial charge is 0.236 e. The third kappa shape index (κ3) is 4.76. The average molecular weight is 456 g/mol. The van der Waals surface area contributed by atoms with Gasteiger partial charge in [-0.1, -0.05) is 18.2 Å². The summed E-state index contributed by atoms with van der Waals surface area (Å²) in [5, 5.41) is 0. The van der Waals surface area contributed by atoms with Crippen LogP contribution in [0, 0.1) is 0 Å². The highest BCUT2D eigenvalue weighted by Crippen LogP contribution is 2.32. The fraction of sp³-hybridized carbons (Fsp3) is 0.458. The van der Waals surface area contributed by atoms with Crippen LogP contribution < -0.4 is 5.73 Å². The van der Waals surface area contributed by atoms with E-state index in [1.54, 1.807) is 18.3 Å². The van der Waals surface area contributed by atoms with E-state index in [1.807, 2.05) is 29.2 Å². The molecule has 0 radical (unpaired) electrons. The fourth-order valence-corrected chi connectivity index (χ4v) is 5.88. The molecular formula is C24H29N3O4S. The second-order valence-electron chi connectivity index (χ2n) is 8.43. The van der Waals surface area contributed by atoms with Crippen LogP contribution in [0.25, 0.3) is 11.3 Å². The molecule has 2 fully saturated rings. The van der Waals surface area contributed by atoms with Gasteiger partial charge in [0.1, 0.15) is 4.75 Å². The van der Waals surface area contributed by atoms with Gasteiger partial charge >= 0.3 is 0 Å². The van der Waals surface area contributed by atoms with E-state index < -0.39 is 21.5 Å². The summed E-state index contributed by atoms with van der Waals surface area (Å²) in [5.41, 5.74) is 8.17. The molecule has 32 heavy (non-hydrogen) atoms. The Hall–Kier alpha value is -2.58. The number of amides is 2. The number of pyridine rings is 1. The van der Waals surface area contributed by atoms with Gasteiger partial charge in [-0.2, -0.15) is 0 Å². The third-order valence-electron chi connectivity index (χ3n) is 6.36. The zero-order valence-corrected chi connectivity index (χ0v) is 18.9. The normalized spacial score (nSPS) is 19.3. The van der Waals surface area contributed by atoms with Gasteiger partial charge in [-0.3, -0.25) is 18.8 Å². The number of carbonyl (C=O) groups excluding carboxylic acids is 2. The molecule has 2 aliphatic heterocycles. The van der Waals surface area contributed by atoms with E-state index in [2.05, 4.69) is 4.98 Å². The van der Waals surface area contributed by atoms with Crippen molar-refractivity contribution in [3.63, 3.8) is 0 Å². The highest BCUT2D eigenvalue weighted by molar-refractivity contribution is 7.87. The Morgan fingerprint density at radius 3 is 2.31 bits per heavy atom. The predicted octanol–water partition coefficient (Wildman–Crippen LogP) is 2.45. The Morgan fingerprint density at radius 2 is 1.72 bits per heavy atom. The van der Waals surface area contributed by atoms with E-state index in [4.69, 9.17) is 10.5 Å². The van der Waals surface area contributed by atoms with Crippen molar-refractivity contribution in [2.75, 3.05) is 26.3 Å². The molecule has 1 atom stereocenters. The molecule has 0 spiro atoms. The summed E-state index contributed by atoms with van der Waals surface area (Å²) in [6, 6.07) is 11.1. The molecule has 2 aromatic rings. The van der Waals surface area contributed by atoms with Gasteiger partial charge in [-0.25, -0.2) is 0 Å². The number of aromatic nitrogens is 1. The molecule has 3 heterocycles. The molecule has 7 nitrogen and oxygen atoms in total. The quantitative estimate of drug-likeness (QED) is 0.721. The minimum atomic E-state index is -1.55. The van der Waals surface area contributed by atoms with Crippen molar-refractivity contribution >= 4 is 22.6 Å². The average Bonchev–Trinajstić information content (AvgIpc) is 2.85. The molecule has 0 bridgehead atoms. The summed E-state index contributed by atoms with van der Waals surface area (Å²) in [7, 11) is -1.55. The number of rotatable bonds is 6. The minimum absolute atomic E-state index is 0.155. The molecule has 1 unspecified atom stereocenters. The number of carbonyl (C=O) groups is 2. The van der Waals surface area contributed by atoms with E-state index in [9.17, 15) is 13.8 Å². The van der Waals surface area contributed by atoms with Crippen LogP contribution in [0.2, 0.25) is 0 Å². The van der Waals surface area contributed by atoms with Gasteiger partial charge in [0.05, 0.1) is 22.9 Å². The molecule has 1 aromatic heterocycles. The molecule has 0 aliphatic carbocycles. The van der Waals surface area contributed by atoms with Crippen LogP contribution >= 0.6 is 0 Å². The first-order valence-corrected chi connectivity index (χ1v) is 12.3. The monoisotopic (exact) mass is 455 g/mol. The number of ether oxygens (including phenoxy) is 1. The van der Waals surface area contributed by atoms with E-state index in [-0.39, 0.29) is 5.91 Å². The number of likely N-dealkylation sites (tertiary alicyclic amines) is 1. The van der Waals surface area contributed by atoms with Crippen LogP contribution in [0.4, 0.5) is 0 Å². The van der Waals surface area contributed by atoms with Crippen molar-refractivity contribution < 1.29 is 18.5 Å². The van der Waals surface area contributed by atoms with Crippen molar-refractivity contribution in [1.29, 1.82) is 0 Å². The first kappa shape index (κ1) is 22.6. The maximum absolute atomic E-state index is 13.2. The Labute approximate surface area is 190 Å². The van der Waals surface area contributed by atoms with E-state index >= 15 is 0 Å². The van der Waals surface area contributed by atoms with Crippen LogP contribution in [-0.2, 0) is 31.5 Å². The fourth-order valence-electron chi connectivity index (χ4n) is 4.33. The molecule has 4 rings (SSSR count). The van der Waals surface area contributed by atoms with Crippen molar-refractivity contribution in [2.45, 2.75) is 48.2 Å². The molecule has 2 saturated heterocycles. The Morgan fingerprint density at radius 1 is 1.03 bits per heavy atom. The summed E-state index contributed by atoms with van der Waals surface area (Å²) in [6.07, 6.45) is 6.18. The van der Waals surface area contributed by atoms with Gasteiger partial charge < -0.3 is 15.4 Å². The molecular weight excluding hydrogens is 426 g/mol. The molecule has 170 valence electrons. The highest BCUT2D eigenvalue weighted by atomic mass is 32.2. The molecule has 2 aliphatic rings. The molecule has 2 amide bonds. The van der Waals surface area contributed by atoms with Gasteiger partial charge in [-0.05, 0) is 55.9 Å². The lowest BCUT2D eigenvalue weighted by Gasteiger charge is -2.33. The zero-order chi connectivity index (χ0) is 22.6. The van der Waals surface area contributed by atoms with Gasteiger partial charge in [0, 0.05) is 43.0 Å². The number of hydrogen-bond acceptors (Lipinski definition) is 5. The standard InChI is InChI=1S/C24H29N3O4S/c25-23(29)24(10-14-31-15-11-24)32(30)20-7-5-19(6-8-20)21-9-4-18(17-26-21)16-22(28)27-12-2-1-3-13-27/h4-9,17H,1-3,10-16H2,(H2,25,29). The first-order chi connectivity index (χ1) is 15.5.